The number of nitrogens with one attached hydrogen (secondary N) is 9. The Morgan fingerprint density at radius 1 is 0.456 bits per heavy atom. The minimum absolute atomic E-state index is 0.0901. The number of morpholine rings is 1. The van der Waals surface area contributed by atoms with E-state index >= 15 is 0 Å². The highest BCUT2D eigenvalue weighted by Gasteiger charge is 2.35. The van der Waals surface area contributed by atoms with Gasteiger partial charge in [-0.3, -0.25) is 29.3 Å². The van der Waals surface area contributed by atoms with Crippen LogP contribution in [-0.2, 0) is 24.4 Å². The zero-order chi connectivity index (χ0) is 69.8. The zero-order valence-corrected chi connectivity index (χ0v) is 57.7. The summed E-state index contributed by atoms with van der Waals surface area (Å²) in [6.07, 6.45) is 17.7. The quantitative estimate of drug-likeness (QED) is 0.0519. The van der Waals surface area contributed by atoms with Crippen molar-refractivity contribution in [2.75, 3.05) is 117 Å². The number of hydrogen-bond acceptors (Lipinski definition) is 19. The number of H-pyrrole nitrogens is 3. The van der Waals surface area contributed by atoms with E-state index in [1.165, 1.54) is 0 Å². The van der Waals surface area contributed by atoms with Crippen molar-refractivity contribution in [3.05, 3.63) is 192 Å². The Hall–Kier alpha value is -11.9. The predicted molar refractivity (Wildman–Crippen MR) is 401 cm³/mol. The molecule has 9 aromatic heterocycles. The number of rotatable bonds is 13. The van der Waals surface area contributed by atoms with E-state index in [0.29, 0.717) is 83.0 Å². The number of pyridine rings is 6. The predicted octanol–water partition coefficient (Wildman–Crippen LogP) is 11.0. The standard InChI is InChI=1S/C26H27N7O2.C26H27N7O.C26H24N6O2/c1-32-7-9-33(10-8-32)16-3-6-23(28-12-16)31-22-15-29-25(20-14-30-26(34)24(20)22)19-13-27-21-5-4-17(35-2)11-18(19)21;1-16-23(18-5-3-4-6-20(18)30-16)25-19-14-29-26(34)24(19)21(15-28-25)31-22-8-7-17(13-27-22)33-11-9-32(2)10-12-33;33-26-24-20(11-30-26)25(19-10-27-21-4-2-1-3-18(19)21)29-12-22(24)31-23-8-5-15(9-28-23)32-13-16-6-7-17(14-32)34-16/h3-6,11-13,15,27H,7-10,14H2,1-2H3,(H,28,31)(H,30,34);3-8,13,15,30H,9-12,14H2,1-2H3,(H,27,31)(H,29,34);1-5,8-10,12,16-17,27H,6-7,11,13-14H2,(H,28,31)(H,30,33). The van der Waals surface area contributed by atoms with Crippen molar-refractivity contribution < 1.29 is 23.9 Å². The maximum atomic E-state index is 12.8. The number of ether oxygens (including phenoxy) is 2. The molecule has 25 heteroatoms. The number of benzene rings is 3. The molecule has 0 radical (unpaired) electrons. The van der Waals surface area contributed by atoms with E-state index in [2.05, 4.69) is 137 Å². The van der Waals surface area contributed by atoms with E-state index in [4.69, 9.17) is 24.4 Å². The van der Waals surface area contributed by atoms with E-state index in [1.54, 1.807) is 25.7 Å². The van der Waals surface area contributed by atoms with E-state index in [-0.39, 0.29) is 17.7 Å². The number of aromatic amines is 3. The summed E-state index contributed by atoms with van der Waals surface area (Å²) in [7, 11) is 5.94. The monoisotopic (exact) mass is 1370 g/mol. The van der Waals surface area contributed by atoms with Crippen LogP contribution in [0.3, 0.4) is 0 Å². The highest BCUT2D eigenvalue weighted by Crippen LogP contribution is 2.42. The second-order valence-corrected chi connectivity index (χ2v) is 27.2. The second-order valence-electron chi connectivity index (χ2n) is 27.2. The van der Waals surface area contributed by atoms with Crippen molar-refractivity contribution in [1.82, 2.24) is 70.6 Å². The fourth-order valence-corrected chi connectivity index (χ4v) is 15.3. The largest absolute Gasteiger partial charge is 0.497 e. The average Bonchev–Trinajstić information content (AvgIpc) is 1.56. The first-order valence-corrected chi connectivity index (χ1v) is 35.1. The van der Waals surface area contributed by atoms with Crippen LogP contribution in [0.4, 0.5) is 51.6 Å². The highest BCUT2D eigenvalue weighted by atomic mass is 16.5. The molecule has 0 saturated carbocycles. The summed E-state index contributed by atoms with van der Waals surface area (Å²) < 4.78 is 11.3. The van der Waals surface area contributed by atoms with Gasteiger partial charge in [-0.2, -0.15) is 0 Å². The number of hydrogen-bond donors (Lipinski definition) is 9. The third-order valence-electron chi connectivity index (χ3n) is 20.8. The molecule has 2 unspecified atom stereocenters. The molecule has 3 amide bonds. The number of amides is 3. The molecule has 19 rings (SSSR count). The lowest BCUT2D eigenvalue weighted by molar-refractivity contribution is 0.0304. The van der Waals surface area contributed by atoms with E-state index < -0.39 is 0 Å². The number of piperazine rings is 2. The number of para-hydroxylation sites is 2. The first kappa shape index (κ1) is 64.4. The van der Waals surface area contributed by atoms with Gasteiger partial charge in [0.25, 0.3) is 17.7 Å². The summed E-state index contributed by atoms with van der Waals surface area (Å²) in [5.74, 6) is 2.53. The Kier molecular flexibility index (Phi) is 17.0. The molecule has 2 bridgehead atoms. The van der Waals surface area contributed by atoms with Crippen molar-refractivity contribution >= 4 is 102 Å². The number of methoxy groups -OCH3 is 1. The third-order valence-corrected chi connectivity index (χ3v) is 20.8. The smallest absolute Gasteiger partial charge is 0.254 e. The van der Waals surface area contributed by atoms with Gasteiger partial charge < -0.3 is 80.8 Å². The summed E-state index contributed by atoms with van der Waals surface area (Å²) in [5, 5.41) is 22.0. The number of aryl methyl sites for hydroxylation is 1. The zero-order valence-electron chi connectivity index (χ0n) is 57.7. The molecule has 0 spiro atoms. The third kappa shape index (κ3) is 12.5. The maximum Gasteiger partial charge on any atom is 0.254 e. The summed E-state index contributed by atoms with van der Waals surface area (Å²) in [4.78, 5) is 88.3. The van der Waals surface area contributed by atoms with E-state index in [1.807, 2.05) is 105 Å². The molecule has 103 heavy (non-hydrogen) atoms. The topological polar surface area (TPSA) is 283 Å². The van der Waals surface area contributed by atoms with Crippen LogP contribution in [0, 0.1) is 6.92 Å². The van der Waals surface area contributed by atoms with Crippen molar-refractivity contribution in [3.8, 4) is 39.5 Å². The summed E-state index contributed by atoms with van der Waals surface area (Å²) in [5.41, 5.74) is 19.4. The molecule has 520 valence electrons. The number of carbonyl (C=O) groups excluding carboxylic acids is 3. The van der Waals surface area contributed by atoms with Gasteiger partial charge in [0.2, 0.25) is 0 Å². The number of likely N-dealkylation sites (N-methyl/N-ethyl adjacent to an activating group) is 2. The van der Waals surface area contributed by atoms with Crippen LogP contribution >= 0.6 is 0 Å². The minimum Gasteiger partial charge on any atom is -0.497 e. The summed E-state index contributed by atoms with van der Waals surface area (Å²) >= 11 is 0. The van der Waals surface area contributed by atoms with Crippen molar-refractivity contribution in [1.29, 1.82) is 0 Å². The van der Waals surface area contributed by atoms with Crippen LogP contribution in [-0.4, -0.2) is 171 Å². The number of carbonyl (C=O) groups is 3. The van der Waals surface area contributed by atoms with Gasteiger partial charge in [0.05, 0.1) is 124 Å². The fourth-order valence-electron chi connectivity index (χ4n) is 15.3. The van der Waals surface area contributed by atoms with E-state index in [9.17, 15) is 14.4 Å². The van der Waals surface area contributed by atoms with Gasteiger partial charge in [-0.15, -0.1) is 0 Å². The van der Waals surface area contributed by atoms with Crippen LogP contribution in [0.15, 0.2) is 153 Å². The molecule has 4 fully saturated rings. The molecule has 0 aliphatic carbocycles. The molecule has 7 aliphatic heterocycles. The molecule has 2 atom stereocenters. The van der Waals surface area contributed by atoms with Crippen LogP contribution in [0.25, 0.3) is 66.5 Å². The van der Waals surface area contributed by atoms with Crippen LogP contribution in [0.2, 0.25) is 0 Å². The Bertz CT molecular complexity index is 5220. The van der Waals surface area contributed by atoms with Gasteiger partial charge >= 0.3 is 0 Å². The summed E-state index contributed by atoms with van der Waals surface area (Å²) in [6, 6.07) is 34.3. The van der Waals surface area contributed by atoms with Crippen LogP contribution in [0.5, 0.6) is 5.75 Å². The summed E-state index contributed by atoms with van der Waals surface area (Å²) in [6.45, 7) is 13.4. The lowest BCUT2D eigenvalue weighted by Crippen LogP contribution is -2.44. The molecule has 3 aromatic carbocycles. The average molecular weight is 1380 g/mol. The lowest BCUT2D eigenvalue weighted by atomic mass is 9.99. The number of anilines is 9. The van der Waals surface area contributed by atoms with Crippen molar-refractivity contribution in [2.45, 2.75) is 51.6 Å². The van der Waals surface area contributed by atoms with Crippen LogP contribution in [0.1, 0.15) is 66.3 Å². The second kappa shape index (κ2) is 27.2. The number of aromatic nitrogens is 9. The molecular formula is C78H78N20O5. The Morgan fingerprint density at radius 3 is 1.38 bits per heavy atom. The number of nitrogens with zero attached hydrogens (tertiary/aromatic N) is 11. The molecule has 12 aromatic rings. The van der Waals surface area contributed by atoms with Crippen LogP contribution < -0.4 is 51.3 Å². The van der Waals surface area contributed by atoms with Gasteiger partial charge in [0, 0.05) is 169 Å². The Morgan fingerprint density at radius 2 is 0.893 bits per heavy atom. The normalized spacial score (nSPS) is 17.6. The first-order valence-electron chi connectivity index (χ1n) is 35.1. The Labute approximate surface area is 593 Å². The van der Waals surface area contributed by atoms with Gasteiger partial charge in [-0.25, -0.2) is 15.0 Å². The SMILES string of the molecule is COc1ccc2[nH]cc(-c3ncc(Nc4ccc(N5CCN(C)CC5)cn4)c4c3CNC4=O)c2c1.Cc1[nH]c2ccccc2c1-c1ncc(Nc2ccc(N3CCN(C)CC3)cn2)c2c1CNC2=O.O=C1NCc2c(-c3c[nH]c4ccccc34)ncc(Nc3ccc(N4CC5CCC(C4)O5)cn3)c21. The first-order chi connectivity index (χ1) is 50.4. The molecule has 4 saturated heterocycles. The lowest BCUT2D eigenvalue weighted by Gasteiger charge is -2.33. The van der Waals surface area contributed by atoms with Gasteiger partial charge in [-0.05, 0) is 101 Å². The van der Waals surface area contributed by atoms with Gasteiger partial charge in [0.1, 0.15) is 23.2 Å². The number of fused-ring (bicyclic) bond motifs is 8. The molecular weight excluding hydrogens is 1300 g/mol. The molecule has 25 nitrogen and oxygen atoms in total. The molecule has 7 aliphatic rings. The van der Waals surface area contributed by atoms with Crippen molar-refractivity contribution in [2.24, 2.45) is 0 Å². The maximum absolute atomic E-state index is 12.8. The molecule has 9 N–H and O–H groups in total. The van der Waals surface area contributed by atoms with Gasteiger partial charge in [-0.1, -0.05) is 36.4 Å². The van der Waals surface area contributed by atoms with Gasteiger partial charge in [0.15, 0.2) is 0 Å². The highest BCUT2D eigenvalue weighted by molar-refractivity contribution is 6.10. The fraction of sp³-hybridized carbons (Fsp3) is 0.269. The van der Waals surface area contributed by atoms with Crippen molar-refractivity contribution in [3.63, 3.8) is 0 Å². The minimum atomic E-state index is -0.113. The molecule has 16 heterocycles. The van der Waals surface area contributed by atoms with E-state index in [0.717, 1.165) is 190 Å². The Balaban J connectivity index is 0.000000115.